The number of hydrogen-bond donors (Lipinski definition) is 1. The fourth-order valence-electron chi connectivity index (χ4n) is 0.549. The number of aliphatic hydroxyl groups excluding tert-OH is 1. The van der Waals surface area contributed by atoms with Crippen LogP contribution in [-0.4, -0.2) is 26.3 Å². The van der Waals surface area contributed by atoms with Gasteiger partial charge >= 0.3 is 0 Å². The number of aliphatic hydroxyl groups is 1. The number of aldehydes is 1. The van der Waals surface area contributed by atoms with Gasteiger partial charge < -0.3 is 9.90 Å². The van der Waals surface area contributed by atoms with E-state index in [0.29, 0.717) is 6.42 Å². The van der Waals surface area contributed by atoms with E-state index < -0.39 is 0 Å². The summed E-state index contributed by atoms with van der Waals surface area (Å²) in [6.07, 6.45) is 5.54. The Labute approximate surface area is 77.8 Å². The van der Waals surface area contributed by atoms with Gasteiger partial charge in [-0.3, -0.25) is 0 Å². The maximum Gasteiger partial charge on any atom is 0.119 e. The summed E-state index contributed by atoms with van der Waals surface area (Å²) in [6, 6.07) is 0. The zero-order valence-electron chi connectivity index (χ0n) is 8.55. The molecule has 0 saturated heterocycles. The molecule has 72 valence electrons. The molecule has 0 saturated carbocycles. The molecule has 0 bridgehead atoms. The summed E-state index contributed by atoms with van der Waals surface area (Å²) in [7, 11) is 6.22. The van der Waals surface area contributed by atoms with Gasteiger partial charge in [-0.05, 0) is 6.42 Å². The van der Waals surface area contributed by atoms with Crippen LogP contribution in [0.3, 0.4) is 0 Å². The van der Waals surface area contributed by atoms with Crippen LogP contribution in [0.2, 0.25) is 6.32 Å². The molecule has 0 atom stereocenters. The van der Waals surface area contributed by atoms with Crippen LogP contribution in [0.25, 0.3) is 0 Å². The quantitative estimate of drug-likeness (QED) is 0.391. The summed E-state index contributed by atoms with van der Waals surface area (Å²) in [6.45, 7) is 4.00. The highest BCUT2D eigenvalue weighted by molar-refractivity contribution is 6.08. The van der Waals surface area contributed by atoms with Gasteiger partial charge in [0.15, 0.2) is 0 Å². The monoisotopic (exact) mass is 172 g/mol. The Morgan fingerprint density at radius 2 is 1.67 bits per heavy atom. The lowest BCUT2D eigenvalue weighted by Crippen LogP contribution is -1.77. The molecule has 0 aromatic heterocycles. The summed E-state index contributed by atoms with van der Waals surface area (Å²) < 4.78 is 0. The number of carbonyl (C=O) groups is 1. The zero-order valence-corrected chi connectivity index (χ0v) is 8.55. The van der Waals surface area contributed by atoms with E-state index in [9.17, 15) is 4.79 Å². The lowest BCUT2D eigenvalue weighted by molar-refractivity contribution is -0.107. The fourth-order valence-corrected chi connectivity index (χ4v) is 0.549. The zero-order chi connectivity index (χ0) is 10.2. The number of rotatable bonds is 5. The lowest BCUT2D eigenvalue weighted by Gasteiger charge is -1.90. The van der Waals surface area contributed by atoms with Gasteiger partial charge in [-0.1, -0.05) is 33.0 Å². The molecule has 12 heavy (non-hydrogen) atoms. The Morgan fingerprint density at radius 1 is 1.17 bits per heavy atom. The predicted molar refractivity (Wildman–Crippen MR) is 54.6 cm³/mol. The average molecular weight is 172 g/mol. The molecule has 1 N–H and O–H groups in total. The minimum absolute atomic E-state index is 0.694. The van der Waals surface area contributed by atoms with E-state index in [0.717, 1.165) is 39.0 Å². The summed E-state index contributed by atoms with van der Waals surface area (Å²) in [4.78, 5) is 9.74. The highest BCUT2D eigenvalue weighted by Gasteiger charge is 1.83. The van der Waals surface area contributed by atoms with Crippen molar-refractivity contribution in [2.24, 2.45) is 0 Å². The largest absolute Gasteiger partial charge is 0.400 e. The van der Waals surface area contributed by atoms with Crippen LogP contribution < -0.4 is 0 Å². The standard InChI is InChI=1S/C6H11BO.C2H6.CH4O/c7-5-3-1-2-4-6-8;2*1-2/h6H,1-5H2;1-2H3;2H,1H3. The Kier molecular flexibility index (Phi) is 45.7. The predicted octanol–water partition coefficient (Wildman–Crippen LogP) is 1.97. The van der Waals surface area contributed by atoms with E-state index >= 15 is 0 Å². The van der Waals surface area contributed by atoms with Crippen molar-refractivity contribution in [3.8, 4) is 0 Å². The van der Waals surface area contributed by atoms with Crippen molar-refractivity contribution in [3.63, 3.8) is 0 Å². The second-order valence-electron chi connectivity index (χ2n) is 1.80. The van der Waals surface area contributed by atoms with E-state index in [2.05, 4.69) is 0 Å². The molecule has 0 aliphatic heterocycles. The van der Waals surface area contributed by atoms with Crippen LogP contribution in [0, 0.1) is 0 Å². The number of unbranched alkanes of at least 4 members (excludes halogenated alkanes) is 3. The lowest BCUT2D eigenvalue weighted by atomic mass is 9.99. The molecular formula is C9H21BO2. The van der Waals surface area contributed by atoms with Crippen LogP contribution in [0.5, 0.6) is 0 Å². The van der Waals surface area contributed by atoms with Gasteiger partial charge in [-0.25, -0.2) is 0 Å². The van der Waals surface area contributed by atoms with Crippen molar-refractivity contribution in [2.75, 3.05) is 7.11 Å². The molecule has 2 radical (unpaired) electrons. The first-order chi connectivity index (χ1) is 5.91. The third kappa shape index (κ3) is 33.3. The van der Waals surface area contributed by atoms with Crippen molar-refractivity contribution in [2.45, 2.75) is 45.9 Å². The molecule has 2 nitrogen and oxygen atoms in total. The molecule has 0 rings (SSSR count). The van der Waals surface area contributed by atoms with Crippen molar-refractivity contribution < 1.29 is 9.90 Å². The van der Waals surface area contributed by atoms with E-state index in [4.69, 9.17) is 13.0 Å². The summed E-state index contributed by atoms with van der Waals surface area (Å²) in [5.74, 6) is 0. The molecule has 0 unspecified atom stereocenters. The summed E-state index contributed by atoms with van der Waals surface area (Å²) in [5, 5.41) is 7.00. The van der Waals surface area contributed by atoms with Gasteiger partial charge in [0, 0.05) is 13.5 Å². The van der Waals surface area contributed by atoms with Crippen LogP contribution in [0.15, 0.2) is 0 Å². The average Bonchev–Trinajstić information content (AvgIpc) is 2.19. The molecule has 0 fully saturated rings. The van der Waals surface area contributed by atoms with Gasteiger partial charge in [0.05, 0.1) is 7.85 Å². The van der Waals surface area contributed by atoms with Gasteiger partial charge in [-0.15, -0.1) is 0 Å². The first kappa shape index (κ1) is 17.7. The van der Waals surface area contributed by atoms with Crippen LogP contribution in [-0.2, 0) is 4.79 Å². The second-order valence-corrected chi connectivity index (χ2v) is 1.80. The van der Waals surface area contributed by atoms with Gasteiger partial charge in [0.2, 0.25) is 0 Å². The van der Waals surface area contributed by atoms with Crippen molar-refractivity contribution in [3.05, 3.63) is 0 Å². The van der Waals surface area contributed by atoms with Gasteiger partial charge in [0.25, 0.3) is 0 Å². The second kappa shape index (κ2) is 31.0. The molecule has 0 spiro atoms. The molecule has 0 amide bonds. The fraction of sp³-hybridized carbons (Fsp3) is 0.889. The normalized spacial score (nSPS) is 7.00. The maximum atomic E-state index is 9.74. The van der Waals surface area contributed by atoms with Crippen LogP contribution in [0.1, 0.15) is 39.5 Å². The maximum absolute atomic E-state index is 9.74. The van der Waals surface area contributed by atoms with Crippen LogP contribution >= 0.6 is 0 Å². The third-order valence-corrected chi connectivity index (χ3v) is 1.03. The number of carbonyl (C=O) groups excluding carboxylic acids is 1. The SMILES string of the molecule is CC.CO.[B]CCCCCC=O. The highest BCUT2D eigenvalue weighted by atomic mass is 16.2. The Balaban J connectivity index is -0.000000175. The topological polar surface area (TPSA) is 37.3 Å². The Morgan fingerprint density at radius 3 is 2.00 bits per heavy atom. The molecule has 0 aromatic rings. The first-order valence-corrected chi connectivity index (χ1v) is 4.50. The van der Waals surface area contributed by atoms with E-state index in [1.54, 1.807) is 0 Å². The van der Waals surface area contributed by atoms with E-state index in [-0.39, 0.29) is 0 Å². The minimum Gasteiger partial charge on any atom is -0.400 e. The summed E-state index contributed by atoms with van der Waals surface area (Å²) >= 11 is 0. The van der Waals surface area contributed by atoms with Crippen molar-refractivity contribution >= 4 is 14.1 Å². The van der Waals surface area contributed by atoms with E-state index in [1.807, 2.05) is 13.8 Å². The Bertz CT molecular complexity index is 58.5. The van der Waals surface area contributed by atoms with Crippen LogP contribution in [0.4, 0.5) is 0 Å². The van der Waals surface area contributed by atoms with Crippen molar-refractivity contribution in [1.82, 2.24) is 0 Å². The Hall–Kier alpha value is -0.305. The number of hydrogen-bond acceptors (Lipinski definition) is 2. The van der Waals surface area contributed by atoms with E-state index in [1.165, 1.54) is 0 Å². The molecule has 0 heterocycles. The van der Waals surface area contributed by atoms with Crippen molar-refractivity contribution in [1.29, 1.82) is 0 Å². The first-order valence-electron chi connectivity index (χ1n) is 4.50. The molecule has 0 aliphatic carbocycles. The van der Waals surface area contributed by atoms with Gasteiger partial charge in [0.1, 0.15) is 6.29 Å². The molecule has 3 heteroatoms. The molecular weight excluding hydrogens is 151 g/mol. The third-order valence-electron chi connectivity index (χ3n) is 1.03. The van der Waals surface area contributed by atoms with Gasteiger partial charge in [-0.2, -0.15) is 0 Å². The molecule has 0 aromatic carbocycles. The molecule has 0 aliphatic rings. The minimum atomic E-state index is 0.694. The highest BCUT2D eigenvalue weighted by Crippen LogP contribution is 1.98. The smallest absolute Gasteiger partial charge is 0.119 e. The summed E-state index contributed by atoms with van der Waals surface area (Å²) in [5.41, 5.74) is 0.